The monoisotopic (exact) mass is 541 g/mol. The molecule has 1 fully saturated rings. The Bertz CT molecular complexity index is 1360. The number of likely N-dealkylation sites (N-methyl/N-ethyl adjacent to an activating group) is 2. The molecule has 3 heterocycles. The van der Waals surface area contributed by atoms with Crippen molar-refractivity contribution in [2.75, 3.05) is 27.5 Å². The summed E-state index contributed by atoms with van der Waals surface area (Å²) in [7, 11) is 3.13. The average Bonchev–Trinajstić information content (AvgIpc) is 3.43. The molecule has 0 unspecified atom stereocenters. The summed E-state index contributed by atoms with van der Waals surface area (Å²) in [5.74, 6) is 1.21. The summed E-state index contributed by atoms with van der Waals surface area (Å²) in [5, 5.41) is 1.09. The first-order chi connectivity index (χ1) is 16.3. The van der Waals surface area contributed by atoms with Crippen LogP contribution in [0.1, 0.15) is 5.56 Å². The third kappa shape index (κ3) is 3.92. The number of aromatic nitrogens is 1. The molecule has 8 nitrogen and oxygen atoms in total. The molecule has 5 rings (SSSR count). The Morgan fingerprint density at radius 1 is 1.06 bits per heavy atom. The Labute approximate surface area is 209 Å². The molecule has 0 spiro atoms. The van der Waals surface area contributed by atoms with Crippen LogP contribution >= 0.6 is 28.1 Å². The number of hydrogen-bond acceptors (Lipinski definition) is 6. The number of fused-ring (bicyclic) bond motifs is 2. The van der Waals surface area contributed by atoms with Crippen LogP contribution in [0.15, 0.2) is 52.6 Å². The maximum atomic E-state index is 12.8. The van der Waals surface area contributed by atoms with E-state index in [0.29, 0.717) is 30.4 Å². The van der Waals surface area contributed by atoms with Gasteiger partial charge in [-0.2, -0.15) is 0 Å². The number of halogens is 1. The second kappa shape index (κ2) is 8.77. The third-order valence-electron chi connectivity index (χ3n) is 5.76. The zero-order valence-corrected chi connectivity index (χ0v) is 20.8. The van der Waals surface area contributed by atoms with Crippen molar-refractivity contribution in [3.63, 3.8) is 0 Å². The van der Waals surface area contributed by atoms with Gasteiger partial charge >= 0.3 is 0 Å². The van der Waals surface area contributed by atoms with Gasteiger partial charge in [-0.05, 0) is 48.6 Å². The topological polar surface area (TPSA) is 73.2 Å². The van der Waals surface area contributed by atoms with E-state index in [2.05, 4.69) is 15.9 Å². The fourth-order valence-corrected chi connectivity index (χ4v) is 4.48. The zero-order valence-electron chi connectivity index (χ0n) is 18.4. The third-order valence-corrected chi connectivity index (χ3v) is 6.80. The maximum Gasteiger partial charge on any atom is 0.265 e. The number of benzene rings is 2. The molecule has 0 saturated carbocycles. The Morgan fingerprint density at radius 3 is 2.56 bits per heavy atom. The van der Waals surface area contributed by atoms with E-state index in [1.807, 2.05) is 41.1 Å². The van der Waals surface area contributed by atoms with E-state index < -0.39 is 11.8 Å². The van der Waals surface area contributed by atoms with Gasteiger partial charge in [0.25, 0.3) is 11.8 Å². The Balaban J connectivity index is 1.43. The Kier molecular flexibility index (Phi) is 5.78. The number of carbonyl (C=O) groups is 2. The van der Waals surface area contributed by atoms with Gasteiger partial charge in [-0.25, -0.2) is 0 Å². The highest BCUT2D eigenvalue weighted by atomic mass is 79.9. The smallest absolute Gasteiger partial charge is 0.265 e. The van der Waals surface area contributed by atoms with Gasteiger partial charge in [0.05, 0.1) is 6.54 Å². The molecule has 10 heteroatoms. The van der Waals surface area contributed by atoms with Crippen molar-refractivity contribution in [1.82, 2.24) is 14.4 Å². The van der Waals surface area contributed by atoms with Gasteiger partial charge in [0.2, 0.25) is 6.79 Å². The molecule has 0 bridgehead atoms. The number of ether oxygens (including phenoxy) is 3. The highest BCUT2D eigenvalue weighted by Crippen LogP contribution is 2.35. The fourth-order valence-electron chi connectivity index (χ4n) is 3.96. The molecule has 1 saturated heterocycles. The number of hydrogen-bond donors (Lipinski definition) is 0. The van der Waals surface area contributed by atoms with Crippen LogP contribution in [0.25, 0.3) is 17.0 Å². The van der Waals surface area contributed by atoms with E-state index in [1.165, 1.54) is 9.80 Å². The standard InChI is InChI=1S/C24H20BrN3O5S/c1-26-22(29)18(23(30)27(2)24(26)34)9-14-12-28(19-5-3-15(25)10-17(14)19)7-8-31-16-4-6-20-21(11-16)33-13-32-20/h3-6,9-12H,7-8,13H2,1-2H3. The minimum absolute atomic E-state index is 0.0641. The van der Waals surface area contributed by atoms with E-state index in [0.717, 1.165) is 20.9 Å². The summed E-state index contributed by atoms with van der Waals surface area (Å²) in [6.45, 7) is 1.18. The summed E-state index contributed by atoms with van der Waals surface area (Å²) in [5.41, 5.74) is 1.78. The second-order valence-electron chi connectivity index (χ2n) is 7.87. The van der Waals surface area contributed by atoms with Crippen molar-refractivity contribution in [3.05, 3.63) is 58.2 Å². The van der Waals surface area contributed by atoms with Crippen LogP contribution in [-0.2, 0) is 16.1 Å². The molecule has 2 aromatic carbocycles. The molecular weight excluding hydrogens is 522 g/mol. The van der Waals surface area contributed by atoms with Crippen LogP contribution in [-0.4, -0.2) is 58.8 Å². The lowest BCUT2D eigenvalue weighted by Gasteiger charge is -2.31. The van der Waals surface area contributed by atoms with Gasteiger partial charge in [-0.15, -0.1) is 0 Å². The lowest BCUT2D eigenvalue weighted by atomic mass is 10.1. The molecule has 3 aromatic rings. The van der Waals surface area contributed by atoms with Gasteiger partial charge in [0, 0.05) is 47.3 Å². The van der Waals surface area contributed by atoms with E-state index in [-0.39, 0.29) is 17.5 Å². The van der Waals surface area contributed by atoms with Gasteiger partial charge in [0.15, 0.2) is 16.6 Å². The van der Waals surface area contributed by atoms with Crippen LogP contribution in [0.4, 0.5) is 0 Å². The molecule has 0 aliphatic carbocycles. The number of carbonyl (C=O) groups excluding carboxylic acids is 2. The Morgan fingerprint density at radius 2 is 1.79 bits per heavy atom. The van der Waals surface area contributed by atoms with Crippen molar-refractivity contribution in [3.8, 4) is 17.2 Å². The van der Waals surface area contributed by atoms with E-state index in [9.17, 15) is 9.59 Å². The molecular formula is C24H20BrN3O5S. The summed E-state index contributed by atoms with van der Waals surface area (Å²) in [6.07, 6.45) is 3.55. The van der Waals surface area contributed by atoms with E-state index in [4.69, 9.17) is 26.4 Å². The molecule has 0 radical (unpaired) electrons. The van der Waals surface area contributed by atoms with E-state index in [1.54, 1.807) is 26.2 Å². The molecule has 2 amide bonds. The van der Waals surface area contributed by atoms with Gasteiger partial charge in [0.1, 0.15) is 17.9 Å². The average molecular weight is 542 g/mol. The lowest BCUT2D eigenvalue weighted by Crippen LogP contribution is -2.52. The highest BCUT2D eigenvalue weighted by molar-refractivity contribution is 9.10. The second-order valence-corrected chi connectivity index (χ2v) is 9.15. The first kappa shape index (κ1) is 22.4. The predicted molar refractivity (Wildman–Crippen MR) is 134 cm³/mol. The van der Waals surface area contributed by atoms with Crippen molar-refractivity contribution in [2.45, 2.75) is 6.54 Å². The van der Waals surface area contributed by atoms with Gasteiger partial charge in [-0.3, -0.25) is 19.4 Å². The number of rotatable bonds is 5. The fraction of sp³-hybridized carbons (Fsp3) is 0.208. The lowest BCUT2D eigenvalue weighted by molar-refractivity contribution is -0.132. The molecule has 174 valence electrons. The van der Waals surface area contributed by atoms with Gasteiger partial charge < -0.3 is 18.8 Å². The van der Waals surface area contributed by atoms with Crippen LogP contribution in [0.2, 0.25) is 0 Å². The highest BCUT2D eigenvalue weighted by Gasteiger charge is 2.35. The first-order valence-corrected chi connectivity index (χ1v) is 11.7. The van der Waals surface area contributed by atoms with Crippen LogP contribution in [0, 0.1) is 0 Å². The molecule has 2 aliphatic heterocycles. The molecule has 34 heavy (non-hydrogen) atoms. The quantitative estimate of drug-likeness (QED) is 0.278. The summed E-state index contributed by atoms with van der Waals surface area (Å²) < 4.78 is 19.6. The van der Waals surface area contributed by atoms with Gasteiger partial charge in [-0.1, -0.05) is 15.9 Å². The zero-order chi connectivity index (χ0) is 24.0. The number of nitrogens with zero attached hydrogens (tertiary/aromatic N) is 3. The maximum absolute atomic E-state index is 12.8. The van der Waals surface area contributed by atoms with Crippen LogP contribution in [0.5, 0.6) is 17.2 Å². The van der Waals surface area contributed by atoms with Crippen LogP contribution in [0.3, 0.4) is 0 Å². The summed E-state index contributed by atoms with van der Waals surface area (Å²) >= 11 is 8.69. The minimum atomic E-state index is -0.421. The Hall–Kier alpha value is -3.37. The first-order valence-electron chi connectivity index (χ1n) is 10.5. The van der Waals surface area contributed by atoms with E-state index >= 15 is 0 Å². The van der Waals surface area contributed by atoms with Crippen molar-refractivity contribution < 1.29 is 23.8 Å². The molecule has 0 N–H and O–H groups in total. The molecule has 2 aliphatic rings. The SMILES string of the molecule is CN1C(=O)C(=Cc2cn(CCOc3ccc4c(c3)OCO4)c3ccc(Br)cc23)C(=O)N(C)C1=S. The summed E-state index contributed by atoms with van der Waals surface area (Å²) in [4.78, 5) is 28.2. The van der Waals surface area contributed by atoms with Crippen molar-refractivity contribution >= 4 is 62.1 Å². The van der Waals surface area contributed by atoms with Crippen molar-refractivity contribution in [1.29, 1.82) is 0 Å². The molecule has 0 atom stereocenters. The predicted octanol–water partition coefficient (Wildman–Crippen LogP) is 3.81. The molecule has 1 aromatic heterocycles. The van der Waals surface area contributed by atoms with Crippen LogP contribution < -0.4 is 14.2 Å². The normalized spacial score (nSPS) is 15.5. The number of amides is 2. The number of thiocarbonyl (C=S) groups is 1. The van der Waals surface area contributed by atoms with Crippen molar-refractivity contribution in [2.24, 2.45) is 0 Å². The minimum Gasteiger partial charge on any atom is -0.492 e. The largest absolute Gasteiger partial charge is 0.492 e. The summed E-state index contributed by atoms with van der Waals surface area (Å²) in [6, 6.07) is 11.4.